The van der Waals surface area contributed by atoms with E-state index in [1.807, 2.05) is 26.0 Å². The van der Waals surface area contributed by atoms with Crippen LogP contribution < -0.4 is 16.0 Å². The maximum Gasteiger partial charge on any atom is 0.325 e. The third kappa shape index (κ3) is 5.82. The highest BCUT2D eigenvalue weighted by Crippen LogP contribution is 2.25. The number of amides is 3. The maximum absolute atomic E-state index is 12.5. The van der Waals surface area contributed by atoms with Crippen LogP contribution in [-0.2, 0) is 4.79 Å². The number of likely N-dealkylation sites (tertiary alicyclic amines) is 1. The van der Waals surface area contributed by atoms with Gasteiger partial charge in [0.2, 0.25) is 0 Å². The highest BCUT2D eigenvalue weighted by Gasteiger charge is 2.45. The van der Waals surface area contributed by atoms with Gasteiger partial charge in [-0.15, -0.1) is 0 Å². The number of hydrogen-bond donors (Lipinski definition) is 3. The van der Waals surface area contributed by atoms with Crippen molar-refractivity contribution in [1.29, 1.82) is 0 Å². The standard InChI is InChI=1S/C23H38N6O3/c1-4-23(3)20(30)29(22(31)27-23)15-10-12-25-21(24-5-2)26-17-18(19-11-9-16-32-19)28-13-7-6-8-14-28/h9,11,16,18H,4-8,10,12-15,17H2,1-3H3,(H,27,31)(H2,24,25,26). The van der Waals surface area contributed by atoms with E-state index in [4.69, 9.17) is 9.41 Å². The molecule has 0 radical (unpaired) electrons. The number of furan rings is 1. The first-order valence-electron chi connectivity index (χ1n) is 11.9. The van der Waals surface area contributed by atoms with Crippen molar-refractivity contribution in [2.24, 2.45) is 4.99 Å². The van der Waals surface area contributed by atoms with Crippen LogP contribution in [-0.4, -0.2) is 72.5 Å². The minimum atomic E-state index is -0.782. The molecule has 2 aliphatic heterocycles. The van der Waals surface area contributed by atoms with Crippen LogP contribution >= 0.6 is 0 Å². The van der Waals surface area contributed by atoms with Crippen molar-refractivity contribution in [3.8, 4) is 0 Å². The van der Waals surface area contributed by atoms with E-state index in [1.165, 1.54) is 24.2 Å². The lowest BCUT2D eigenvalue weighted by Gasteiger charge is -2.32. The molecular formula is C23H38N6O3. The smallest absolute Gasteiger partial charge is 0.325 e. The van der Waals surface area contributed by atoms with Gasteiger partial charge in [-0.1, -0.05) is 13.3 Å². The van der Waals surface area contributed by atoms with Crippen LogP contribution in [0, 0.1) is 0 Å². The summed E-state index contributed by atoms with van der Waals surface area (Å²) in [5.41, 5.74) is -0.782. The Labute approximate surface area is 191 Å². The van der Waals surface area contributed by atoms with Crippen LogP contribution in [0.15, 0.2) is 27.8 Å². The number of carbonyl (C=O) groups is 2. The van der Waals surface area contributed by atoms with Crippen LogP contribution in [0.4, 0.5) is 4.79 Å². The predicted molar refractivity (Wildman–Crippen MR) is 124 cm³/mol. The summed E-state index contributed by atoms with van der Waals surface area (Å²) in [6.45, 7) is 10.2. The molecule has 3 amide bonds. The lowest BCUT2D eigenvalue weighted by Crippen LogP contribution is -2.43. The zero-order chi connectivity index (χ0) is 23.0. The molecule has 2 fully saturated rings. The molecule has 0 aromatic carbocycles. The number of hydrogen-bond acceptors (Lipinski definition) is 5. The van der Waals surface area contributed by atoms with Gasteiger partial charge in [0.05, 0.1) is 18.8 Å². The zero-order valence-electron chi connectivity index (χ0n) is 19.7. The van der Waals surface area contributed by atoms with Crippen LogP contribution in [0.5, 0.6) is 0 Å². The average Bonchev–Trinajstić information content (AvgIpc) is 3.40. The van der Waals surface area contributed by atoms with Crippen molar-refractivity contribution in [2.45, 2.75) is 64.5 Å². The van der Waals surface area contributed by atoms with Crippen LogP contribution in [0.3, 0.4) is 0 Å². The minimum absolute atomic E-state index is 0.124. The largest absolute Gasteiger partial charge is 0.468 e. The Balaban J connectivity index is 1.54. The highest BCUT2D eigenvalue weighted by atomic mass is 16.3. The Hall–Kier alpha value is -2.55. The van der Waals surface area contributed by atoms with Gasteiger partial charge in [-0.2, -0.15) is 0 Å². The molecule has 2 aliphatic rings. The molecule has 32 heavy (non-hydrogen) atoms. The monoisotopic (exact) mass is 446 g/mol. The van der Waals surface area contributed by atoms with Crippen LogP contribution in [0.25, 0.3) is 0 Å². The fraction of sp³-hybridized carbons (Fsp3) is 0.696. The zero-order valence-corrected chi connectivity index (χ0v) is 19.7. The van der Waals surface area contributed by atoms with Gasteiger partial charge in [-0.25, -0.2) is 4.79 Å². The summed E-state index contributed by atoms with van der Waals surface area (Å²) in [4.78, 5) is 33.3. The lowest BCUT2D eigenvalue weighted by molar-refractivity contribution is -0.130. The second-order valence-corrected chi connectivity index (χ2v) is 8.70. The summed E-state index contributed by atoms with van der Waals surface area (Å²) in [6, 6.07) is 3.77. The van der Waals surface area contributed by atoms with E-state index >= 15 is 0 Å². The summed E-state index contributed by atoms with van der Waals surface area (Å²) in [6.07, 6.45) is 6.65. The van der Waals surface area contributed by atoms with Crippen LogP contribution in [0.1, 0.15) is 64.7 Å². The highest BCUT2D eigenvalue weighted by molar-refractivity contribution is 6.06. The Morgan fingerprint density at radius 2 is 2.03 bits per heavy atom. The Morgan fingerprint density at radius 1 is 1.25 bits per heavy atom. The normalized spacial score (nSPS) is 23.3. The molecule has 0 spiro atoms. The summed E-state index contributed by atoms with van der Waals surface area (Å²) in [5.74, 6) is 1.54. The number of guanidine groups is 1. The SMILES string of the molecule is CCNC(=NCC(c1ccco1)N1CCCCC1)NCCCN1C(=O)NC(C)(CC)C1=O. The second-order valence-electron chi connectivity index (χ2n) is 8.70. The lowest BCUT2D eigenvalue weighted by atomic mass is 9.99. The first-order chi connectivity index (χ1) is 15.5. The van der Waals surface area contributed by atoms with Gasteiger partial charge >= 0.3 is 6.03 Å². The first-order valence-corrected chi connectivity index (χ1v) is 11.9. The molecule has 3 rings (SSSR count). The van der Waals surface area contributed by atoms with Crippen molar-refractivity contribution in [1.82, 2.24) is 25.8 Å². The van der Waals surface area contributed by atoms with Gasteiger partial charge in [-0.05, 0) is 64.8 Å². The van der Waals surface area contributed by atoms with E-state index in [0.29, 0.717) is 32.5 Å². The summed E-state index contributed by atoms with van der Waals surface area (Å²) in [5, 5.41) is 9.41. The molecule has 3 heterocycles. The molecule has 9 nitrogen and oxygen atoms in total. The molecule has 178 valence electrons. The summed E-state index contributed by atoms with van der Waals surface area (Å²) >= 11 is 0. The topological polar surface area (TPSA) is 102 Å². The first kappa shape index (κ1) is 24.1. The van der Waals surface area contributed by atoms with E-state index in [1.54, 1.807) is 13.2 Å². The third-order valence-corrected chi connectivity index (χ3v) is 6.37. The predicted octanol–water partition coefficient (Wildman–Crippen LogP) is 2.47. The molecule has 1 aromatic heterocycles. The van der Waals surface area contributed by atoms with Gasteiger partial charge in [0.25, 0.3) is 5.91 Å². The van der Waals surface area contributed by atoms with Crippen molar-refractivity contribution < 1.29 is 14.0 Å². The third-order valence-electron chi connectivity index (χ3n) is 6.37. The fourth-order valence-corrected chi connectivity index (χ4v) is 4.25. The number of nitrogens with one attached hydrogen (secondary N) is 3. The van der Waals surface area contributed by atoms with Crippen LogP contribution in [0.2, 0.25) is 0 Å². The van der Waals surface area contributed by atoms with E-state index < -0.39 is 5.54 Å². The van der Waals surface area contributed by atoms with E-state index in [-0.39, 0.29) is 18.0 Å². The van der Waals surface area contributed by atoms with Gasteiger partial charge in [0, 0.05) is 19.6 Å². The Kier molecular flexibility index (Phi) is 8.55. The quantitative estimate of drug-likeness (QED) is 0.221. The molecule has 0 aliphatic carbocycles. The molecule has 0 bridgehead atoms. The van der Waals surface area contributed by atoms with Crippen molar-refractivity contribution in [2.75, 3.05) is 39.3 Å². The van der Waals surface area contributed by atoms with Gasteiger partial charge in [0.15, 0.2) is 5.96 Å². The molecule has 2 unspecified atom stereocenters. The molecule has 1 aromatic rings. The summed E-state index contributed by atoms with van der Waals surface area (Å²) in [7, 11) is 0. The van der Waals surface area contributed by atoms with E-state index in [0.717, 1.165) is 31.4 Å². The number of urea groups is 1. The number of nitrogens with zero attached hydrogens (tertiary/aromatic N) is 3. The van der Waals surface area contributed by atoms with Crippen molar-refractivity contribution in [3.63, 3.8) is 0 Å². The molecular weight excluding hydrogens is 408 g/mol. The molecule has 9 heteroatoms. The Bertz CT molecular complexity index is 775. The molecule has 3 N–H and O–H groups in total. The van der Waals surface area contributed by atoms with Crippen molar-refractivity contribution in [3.05, 3.63) is 24.2 Å². The number of piperidine rings is 1. The Morgan fingerprint density at radius 3 is 2.66 bits per heavy atom. The van der Waals surface area contributed by atoms with E-state index in [2.05, 4.69) is 20.9 Å². The number of aliphatic imine (C=N–C) groups is 1. The maximum atomic E-state index is 12.5. The van der Waals surface area contributed by atoms with Gasteiger partial charge < -0.3 is 20.4 Å². The fourth-order valence-electron chi connectivity index (χ4n) is 4.25. The van der Waals surface area contributed by atoms with Gasteiger partial charge in [0.1, 0.15) is 11.3 Å². The number of carbonyl (C=O) groups excluding carboxylic acids is 2. The average molecular weight is 447 g/mol. The minimum Gasteiger partial charge on any atom is -0.468 e. The molecule has 0 saturated carbocycles. The molecule has 2 atom stereocenters. The summed E-state index contributed by atoms with van der Waals surface area (Å²) < 4.78 is 5.72. The van der Waals surface area contributed by atoms with Gasteiger partial charge in [-0.3, -0.25) is 19.6 Å². The number of imide groups is 1. The van der Waals surface area contributed by atoms with Crippen molar-refractivity contribution >= 4 is 17.9 Å². The number of rotatable bonds is 10. The molecule has 2 saturated heterocycles. The second kappa shape index (κ2) is 11.4. The van der Waals surface area contributed by atoms with E-state index in [9.17, 15) is 9.59 Å².